The number of amidine groups is 1. The Balaban J connectivity index is 1.53. The van der Waals surface area contributed by atoms with E-state index in [2.05, 4.69) is 10.3 Å². The van der Waals surface area contributed by atoms with Gasteiger partial charge in [0.15, 0.2) is 6.04 Å². The Kier molecular flexibility index (Phi) is 5.02. The lowest BCUT2D eigenvalue weighted by atomic mass is 9.99. The van der Waals surface area contributed by atoms with Crippen molar-refractivity contribution in [2.24, 2.45) is 4.99 Å². The summed E-state index contributed by atoms with van der Waals surface area (Å²) in [6.07, 6.45) is -0.451. The lowest BCUT2D eigenvalue weighted by molar-refractivity contribution is -0.148. The molecule has 10 heteroatoms. The molecule has 1 aromatic carbocycles. The van der Waals surface area contributed by atoms with E-state index < -0.39 is 35.3 Å². The van der Waals surface area contributed by atoms with Gasteiger partial charge in [-0.1, -0.05) is 18.2 Å². The highest BCUT2D eigenvalue weighted by Gasteiger charge is 2.47. The van der Waals surface area contributed by atoms with Crippen molar-refractivity contribution in [2.45, 2.75) is 32.0 Å². The number of morpholine rings is 1. The average Bonchev–Trinajstić information content (AvgIpc) is 3.14. The Hall–Kier alpha value is -3.27. The van der Waals surface area contributed by atoms with E-state index in [1.54, 1.807) is 38.1 Å². The van der Waals surface area contributed by atoms with Crippen LogP contribution in [0.2, 0.25) is 0 Å². The van der Waals surface area contributed by atoms with Crippen LogP contribution in [-0.4, -0.2) is 72.4 Å². The number of nitrogens with zero attached hydrogens (tertiary/aromatic N) is 3. The molecular weight excluding hydrogens is 392 g/mol. The van der Waals surface area contributed by atoms with Crippen LogP contribution in [0.5, 0.6) is 0 Å². The molecule has 4 rings (SSSR count). The predicted octanol–water partition coefficient (Wildman–Crippen LogP) is 0.247. The summed E-state index contributed by atoms with van der Waals surface area (Å²) >= 11 is 0. The van der Waals surface area contributed by atoms with Crippen LogP contribution in [0.3, 0.4) is 0 Å². The SMILES string of the molecule is CC1(C)OCCN2C(=O)C(=O)C(C(=O)NCc3ccccc3N3CCOC3=O)N=C21. The number of nitrogens with one attached hydrogen (secondary N) is 1. The van der Waals surface area contributed by atoms with Gasteiger partial charge in [-0.05, 0) is 25.5 Å². The summed E-state index contributed by atoms with van der Waals surface area (Å²) < 4.78 is 10.6. The highest BCUT2D eigenvalue weighted by molar-refractivity contribution is 6.46. The average molecular weight is 414 g/mol. The number of ether oxygens (including phenoxy) is 2. The normalized spacial score (nSPS) is 23.1. The molecule has 2 fully saturated rings. The van der Waals surface area contributed by atoms with Gasteiger partial charge in [-0.25, -0.2) is 9.79 Å². The van der Waals surface area contributed by atoms with Gasteiger partial charge >= 0.3 is 6.09 Å². The number of cyclic esters (lactones) is 1. The minimum Gasteiger partial charge on any atom is -0.447 e. The number of Topliss-reactive ketones (excluding diaryl/α,β-unsaturated/α-hetero) is 1. The maximum absolute atomic E-state index is 12.8. The van der Waals surface area contributed by atoms with E-state index in [4.69, 9.17) is 9.47 Å². The second-order valence-electron chi connectivity index (χ2n) is 7.65. The van der Waals surface area contributed by atoms with E-state index in [9.17, 15) is 19.2 Å². The minimum absolute atomic E-state index is 0.0607. The number of anilines is 1. The molecule has 3 heterocycles. The third-order valence-corrected chi connectivity index (χ3v) is 5.27. The first-order valence-corrected chi connectivity index (χ1v) is 9.67. The van der Waals surface area contributed by atoms with E-state index in [1.807, 2.05) is 0 Å². The van der Waals surface area contributed by atoms with Gasteiger partial charge in [0.05, 0.1) is 25.4 Å². The maximum Gasteiger partial charge on any atom is 0.414 e. The van der Waals surface area contributed by atoms with Crippen LogP contribution >= 0.6 is 0 Å². The van der Waals surface area contributed by atoms with Crippen molar-refractivity contribution < 1.29 is 28.7 Å². The predicted molar refractivity (Wildman–Crippen MR) is 105 cm³/mol. The molecule has 3 amide bonds. The molecule has 0 radical (unpaired) electrons. The summed E-state index contributed by atoms with van der Waals surface area (Å²) in [5.74, 6) is -2.03. The Morgan fingerprint density at radius 3 is 2.63 bits per heavy atom. The molecule has 158 valence electrons. The number of hydrogen-bond acceptors (Lipinski definition) is 7. The van der Waals surface area contributed by atoms with Gasteiger partial charge in [0.25, 0.3) is 17.6 Å². The molecule has 0 bridgehead atoms. The van der Waals surface area contributed by atoms with Gasteiger partial charge in [-0.3, -0.25) is 24.2 Å². The summed E-state index contributed by atoms with van der Waals surface area (Å²) in [5.41, 5.74) is 0.413. The zero-order valence-electron chi connectivity index (χ0n) is 16.7. The molecule has 1 aromatic rings. The number of aliphatic imine (C=N–C) groups is 1. The van der Waals surface area contributed by atoms with Crippen LogP contribution in [0.15, 0.2) is 29.3 Å². The summed E-state index contributed by atoms with van der Waals surface area (Å²) in [4.78, 5) is 56.7. The lowest BCUT2D eigenvalue weighted by Gasteiger charge is -2.41. The molecule has 1 atom stereocenters. The molecule has 0 spiro atoms. The molecule has 3 aliphatic heterocycles. The van der Waals surface area contributed by atoms with Gasteiger partial charge in [0.1, 0.15) is 18.0 Å². The van der Waals surface area contributed by atoms with Crippen LogP contribution in [0, 0.1) is 0 Å². The maximum atomic E-state index is 12.8. The number of amides is 3. The standard InChI is InChI=1S/C20H22N4O6/c1-20(2)18-22-14(15(25)17(27)24(18)8-10-30-20)16(26)21-11-12-5-3-4-6-13(12)23-7-9-29-19(23)28/h3-6,14H,7-11H2,1-2H3,(H,21,26). The van der Waals surface area contributed by atoms with Crippen LogP contribution in [0.1, 0.15) is 19.4 Å². The number of fused-ring (bicyclic) bond motifs is 1. The monoisotopic (exact) mass is 414 g/mol. The third-order valence-electron chi connectivity index (χ3n) is 5.27. The first kappa shape index (κ1) is 20.0. The second-order valence-corrected chi connectivity index (χ2v) is 7.65. The number of para-hydroxylation sites is 1. The van der Waals surface area contributed by atoms with Gasteiger partial charge in [-0.15, -0.1) is 0 Å². The Bertz CT molecular complexity index is 956. The summed E-state index contributed by atoms with van der Waals surface area (Å²) in [5, 5.41) is 2.66. The highest BCUT2D eigenvalue weighted by atomic mass is 16.6. The third kappa shape index (κ3) is 3.43. The topological polar surface area (TPSA) is 118 Å². The number of carbonyl (C=O) groups excluding carboxylic acids is 4. The Labute approximate surface area is 172 Å². The van der Waals surface area contributed by atoms with Crippen molar-refractivity contribution in [1.29, 1.82) is 0 Å². The molecule has 0 aromatic heterocycles. The molecule has 10 nitrogen and oxygen atoms in total. The molecule has 1 N–H and O–H groups in total. The molecule has 1 unspecified atom stereocenters. The van der Waals surface area contributed by atoms with Crippen molar-refractivity contribution in [3.63, 3.8) is 0 Å². The first-order chi connectivity index (χ1) is 14.3. The lowest BCUT2D eigenvalue weighted by Crippen LogP contribution is -2.62. The zero-order chi connectivity index (χ0) is 21.5. The van der Waals surface area contributed by atoms with Crippen molar-refractivity contribution in [3.05, 3.63) is 29.8 Å². The summed E-state index contributed by atoms with van der Waals surface area (Å²) in [6, 6.07) is 5.61. The molecule has 2 saturated heterocycles. The van der Waals surface area contributed by atoms with Gasteiger partial charge < -0.3 is 14.8 Å². The number of carbonyl (C=O) groups is 4. The van der Waals surface area contributed by atoms with Crippen molar-refractivity contribution in [1.82, 2.24) is 10.2 Å². The number of benzene rings is 1. The van der Waals surface area contributed by atoms with Gasteiger partial charge in [0, 0.05) is 6.54 Å². The highest BCUT2D eigenvalue weighted by Crippen LogP contribution is 2.26. The van der Waals surface area contributed by atoms with E-state index in [0.29, 0.717) is 24.4 Å². The van der Waals surface area contributed by atoms with Crippen molar-refractivity contribution in [3.8, 4) is 0 Å². The fourth-order valence-corrected chi connectivity index (χ4v) is 3.73. The number of ketones is 1. The molecular formula is C20H22N4O6. The van der Waals surface area contributed by atoms with Gasteiger partial charge in [-0.2, -0.15) is 0 Å². The van der Waals surface area contributed by atoms with Crippen LogP contribution in [0.4, 0.5) is 10.5 Å². The largest absolute Gasteiger partial charge is 0.447 e. The minimum atomic E-state index is -1.46. The Morgan fingerprint density at radius 1 is 1.17 bits per heavy atom. The number of rotatable bonds is 4. The Morgan fingerprint density at radius 2 is 1.90 bits per heavy atom. The van der Waals surface area contributed by atoms with E-state index >= 15 is 0 Å². The quantitative estimate of drug-likeness (QED) is 0.557. The number of hydrogen-bond donors (Lipinski definition) is 1. The first-order valence-electron chi connectivity index (χ1n) is 9.67. The molecule has 30 heavy (non-hydrogen) atoms. The molecule has 3 aliphatic rings. The van der Waals surface area contributed by atoms with Crippen molar-refractivity contribution in [2.75, 3.05) is 31.2 Å². The van der Waals surface area contributed by atoms with Crippen LogP contribution in [0.25, 0.3) is 0 Å². The van der Waals surface area contributed by atoms with E-state index in [1.165, 1.54) is 9.80 Å². The van der Waals surface area contributed by atoms with Crippen LogP contribution in [-0.2, 0) is 30.4 Å². The second kappa shape index (κ2) is 7.52. The summed E-state index contributed by atoms with van der Waals surface area (Å²) in [7, 11) is 0. The van der Waals surface area contributed by atoms with E-state index in [0.717, 1.165) is 0 Å². The summed E-state index contributed by atoms with van der Waals surface area (Å²) in [6.45, 7) is 4.76. The fraction of sp³-hybridized carbons (Fsp3) is 0.450. The molecule has 0 aliphatic carbocycles. The smallest absolute Gasteiger partial charge is 0.414 e. The fourth-order valence-electron chi connectivity index (χ4n) is 3.73. The zero-order valence-corrected chi connectivity index (χ0v) is 16.7. The molecule has 0 saturated carbocycles. The van der Waals surface area contributed by atoms with Crippen molar-refractivity contribution >= 4 is 35.2 Å². The van der Waals surface area contributed by atoms with Gasteiger partial charge in [0.2, 0.25) is 0 Å². The van der Waals surface area contributed by atoms with E-state index in [-0.39, 0.29) is 25.5 Å². The van der Waals surface area contributed by atoms with Crippen LogP contribution < -0.4 is 10.2 Å².